The predicted octanol–water partition coefficient (Wildman–Crippen LogP) is 4.57. The first-order chi connectivity index (χ1) is 16.6. The van der Waals surface area contributed by atoms with Gasteiger partial charge >= 0.3 is 0 Å². The number of methoxy groups -OCH3 is 1. The molecule has 2 atom stereocenters. The van der Waals surface area contributed by atoms with E-state index in [4.69, 9.17) is 9.47 Å². The lowest BCUT2D eigenvalue weighted by Crippen LogP contribution is -2.51. The van der Waals surface area contributed by atoms with Gasteiger partial charge in [-0.25, -0.2) is 4.98 Å². The number of pyridine rings is 1. The lowest BCUT2D eigenvalue weighted by atomic mass is 9.90. The average Bonchev–Trinajstić information content (AvgIpc) is 2.88. The molecule has 182 valence electrons. The minimum absolute atomic E-state index is 0.0199. The van der Waals surface area contributed by atoms with Gasteiger partial charge in [-0.05, 0) is 50.3 Å². The molecule has 7 nitrogen and oxygen atoms in total. The fraction of sp³-hybridized carbons (Fsp3) is 0.519. The lowest BCUT2D eigenvalue weighted by molar-refractivity contribution is 0.0263. The smallest absolute Gasteiger partial charge is 0.272 e. The number of aromatic nitrogens is 1. The molecule has 1 saturated carbocycles. The Bertz CT molecular complexity index is 995. The SMILES string of the molecule is COc1cccc(C(=O)N2CCCCCCN(C)C(=O)c3ccccc3O[C@H]3CCCC[C@H]32)n1. The summed E-state index contributed by atoms with van der Waals surface area (Å²) in [7, 11) is 3.41. The van der Waals surface area contributed by atoms with Crippen molar-refractivity contribution in [1.29, 1.82) is 0 Å². The van der Waals surface area contributed by atoms with Crippen LogP contribution in [0.4, 0.5) is 0 Å². The molecule has 1 aliphatic heterocycles. The fourth-order valence-electron chi connectivity index (χ4n) is 4.99. The third-order valence-electron chi connectivity index (χ3n) is 6.87. The second-order valence-corrected chi connectivity index (χ2v) is 9.21. The van der Waals surface area contributed by atoms with Gasteiger partial charge in [0, 0.05) is 26.2 Å². The zero-order valence-corrected chi connectivity index (χ0v) is 20.2. The summed E-state index contributed by atoms with van der Waals surface area (Å²) in [6.07, 6.45) is 7.49. The molecule has 1 aliphatic carbocycles. The molecule has 4 rings (SSSR count). The molecule has 0 N–H and O–H groups in total. The number of hydrogen-bond donors (Lipinski definition) is 0. The second kappa shape index (κ2) is 11.4. The van der Waals surface area contributed by atoms with Crippen molar-refractivity contribution in [3.8, 4) is 11.6 Å². The molecule has 0 radical (unpaired) electrons. The molecule has 0 saturated heterocycles. The molecule has 0 bridgehead atoms. The van der Waals surface area contributed by atoms with E-state index in [1.54, 1.807) is 30.2 Å². The Morgan fingerprint density at radius 1 is 0.971 bits per heavy atom. The zero-order valence-electron chi connectivity index (χ0n) is 20.2. The van der Waals surface area contributed by atoms with Crippen LogP contribution in [0.25, 0.3) is 0 Å². The van der Waals surface area contributed by atoms with Crippen LogP contribution in [0.2, 0.25) is 0 Å². The topological polar surface area (TPSA) is 72.0 Å². The molecule has 1 aromatic heterocycles. The third-order valence-corrected chi connectivity index (χ3v) is 6.87. The maximum atomic E-state index is 13.7. The van der Waals surface area contributed by atoms with Crippen LogP contribution >= 0.6 is 0 Å². The van der Waals surface area contributed by atoms with Gasteiger partial charge < -0.3 is 19.3 Å². The van der Waals surface area contributed by atoms with E-state index in [1.807, 2.05) is 36.2 Å². The van der Waals surface area contributed by atoms with Crippen LogP contribution in [0.5, 0.6) is 11.6 Å². The summed E-state index contributed by atoms with van der Waals surface area (Å²) in [6.45, 7) is 1.37. The summed E-state index contributed by atoms with van der Waals surface area (Å²) >= 11 is 0. The minimum atomic E-state index is -0.175. The summed E-state index contributed by atoms with van der Waals surface area (Å²) in [5.74, 6) is 0.922. The van der Waals surface area contributed by atoms with Crippen molar-refractivity contribution in [1.82, 2.24) is 14.8 Å². The van der Waals surface area contributed by atoms with Crippen LogP contribution < -0.4 is 9.47 Å². The van der Waals surface area contributed by atoms with Crippen LogP contribution in [-0.2, 0) is 0 Å². The summed E-state index contributed by atoms with van der Waals surface area (Å²) < 4.78 is 11.8. The Morgan fingerprint density at radius 2 is 1.74 bits per heavy atom. The van der Waals surface area contributed by atoms with Gasteiger partial charge in [-0.3, -0.25) is 9.59 Å². The summed E-state index contributed by atoms with van der Waals surface area (Å²) in [5.41, 5.74) is 0.973. The van der Waals surface area contributed by atoms with Gasteiger partial charge in [0.1, 0.15) is 17.5 Å². The highest BCUT2D eigenvalue weighted by Gasteiger charge is 2.36. The number of para-hydroxylation sites is 1. The van der Waals surface area contributed by atoms with E-state index < -0.39 is 0 Å². The number of fused-ring (bicyclic) bond motifs is 2. The summed E-state index contributed by atoms with van der Waals surface area (Å²) in [5, 5.41) is 0. The van der Waals surface area contributed by atoms with E-state index in [0.29, 0.717) is 36.0 Å². The van der Waals surface area contributed by atoms with Gasteiger partial charge in [0.2, 0.25) is 5.88 Å². The van der Waals surface area contributed by atoms with E-state index in [9.17, 15) is 9.59 Å². The molecule has 34 heavy (non-hydrogen) atoms. The number of nitrogens with zero attached hydrogens (tertiary/aromatic N) is 3. The van der Waals surface area contributed by atoms with E-state index >= 15 is 0 Å². The van der Waals surface area contributed by atoms with E-state index in [2.05, 4.69) is 4.98 Å². The largest absolute Gasteiger partial charge is 0.487 e. The van der Waals surface area contributed by atoms with E-state index in [1.165, 1.54) is 0 Å². The summed E-state index contributed by atoms with van der Waals surface area (Å²) in [4.78, 5) is 35.0. The number of rotatable bonds is 2. The first-order valence-electron chi connectivity index (χ1n) is 12.4. The quantitative estimate of drug-likeness (QED) is 0.650. The molecule has 2 aliphatic rings. The van der Waals surface area contributed by atoms with Crippen LogP contribution in [-0.4, -0.2) is 66.0 Å². The highest BCUT2D eigenvalue weighted by molar-refractivity contribution is 5.96. The van der Waals surface area contributed by atoms with Crippen molar-refractivity contribution in [3.05, 3.63) is 53.7 Å². The van der Waals surface area contributed by atoms with Gasteiger partial charge in [0.25, 0.3) is 11.8 Å². The number of ether oxygens (including phenoxy) is 2. The Labute approximate surface area is 202 Å². The Hall–Kier alpha value is -3.09. The molecular weight excluding hydrogens is 430 g/mol. The van der Waals surface area contributed by atoms with Crippen molar-refractivity contribution in [2.24, 2.45) is 0 Å². The molecule has 0 unspecified atom stereocenters. The van der Waals surface area contributed by atoms with Crippen LogP contribution in [0.1, 0.15) is 72.2 Å². The van der Waals surface area contributed by atoms with Crippen LogP contribution in [0.3, 0.4) is 0 Å². The maximum absolute atomic E-state index is 13.7. The molecule has 2 heterocycles. The van der Waals surface area contributed by atoms with Gasteiger partial charge in [0.05, 0.1) is 18.7 Å². The number of carbonyl (C=O) groups is 2. The van der Waals surface area contributed by atoms with Crippen molar-refractivity contribution >= 4 is 11.8 Å². The van der Waals surface area contributed by atoms with Gasteiger partial charge in [-0.15, -0.1) is 0 Å². The molecule has 1 fully saturated rings. The van der Waals surface area contributed by atoms with Crippen molar-refractivity contribution in [2.45, 2.75) is 63.5 Å². The molecule has 0 spiro atoms. The Morgan fingerprint density at radius 3 is 2.56 bits per heavy atom. The number of hydrogen-bond acceptors (Lipinski definition) is 5. The average molecular weight is 466 g/mol. The normalized spacial score (nSPS) is 22.1. The van der Waals surface area contributed by atoms with E-state index in [0.717, 1.165) is 51.4 Å². The monoisotopic (exact) mass is 465 g/mol. The number of amides is 2. The van der Waals surface area contributed by atoms with Gasteiger partial charge in [-0.1, -0.05) is 37.5 Å². The first-order valence-corrected chi connectivity index (χ1v) is 12.4. The third kappa shape index (κ3) is 5.51. The number of carbonyl (C=O) groups excluding carboxylic acids is 2. The fourth-order valence-corrected chi connectivity index (χ4v) is 4.99. The molecule has 2 amide bonds. The molecule has 2 aromatic rings. The van der Waals surface area contributed by atoms with E-state index in [-0.39, 0.29) is 24.0 Å². The highest BCUT2D eigenvalue weighted by atomic mass is 16.5. The molecular formula is C27H35N3O4. The van der Waals surface area contributed by atoms with Crippen LogP contribution in [0, 0.1) is 0 Å². The Balaban J connectivity index is 1.67. The van der Waals surface area contributed by atoms with Gasteiger partial charge in [0.15, 0.2) is 0 Å². The first kappa shape index (κ1) is 24.0. The Kier molecular flexibility index (Phi) is 8.03. The van der Waals surface area contributed by atoms with Crippen molar-refractivity contribution in [2.75, 3.05) is 27.2 Å². The minimum Gasteiger partial charge on any atom is -0.487 e. The molecule has 7 heteroatoms. The van der Waals surface area contributed by atoms with Crippen LogP contribution in [0.15, 0.2) is 42.5 Å². The lowest BCUT2D eigenvalue weighted by Gasteiger charge is -2.40. The second-order valence-electron chi connectivity index (χ2n) is 9.21. The van der Waals surface area contributed by atoms with Crippen molar-refractivity contribution < 1.29 is 19.1 Å². The molecule has 1 aromatic carbocycles. The standard InChI is InChI=1S/C27H35N3O4/c1-29-18-9-3-4-10-19-30(27(32)21-13-11-17-25(28-21)33-2)22-14-6-8-16-24(22)34-23-15-7-5-12-20(23)26(29)31/h5,7,11-13,15,17,22,24H,3-4,6,8-10,14,16,18-19H2,1-2H3/t22-,24+/m1/s1. The summed E-state index contributed by atoms with van der Waals surface area (Å²) in [6, 6.07) is 12.7. The number of benzene rings is 1. The van der Waals surface area contributed by atoms with Gasteiger partial charge in [-0.2, -0.15) is 0 Å². The zero-order chi connectivity index (χ0) is 23.9. The highest BCUT2D eigenvalue weighted by Crippen LogP contribution is 2.31. The predicted molar refractivity (Wildman–Crippen MR) is 130 cm³/mol. The maximum Gasteiger partial charge on any atom is 0.272 e. The van der Waals surface area contributed by atoms with Crippen molar-refractivity contribution in [3.63, 3.8) is 0 Å².